The fraction of sp³-hybridized carbons (Fsp3) is 0.333. The Labute approximate surface area is 113 Å². The van der Waals surface area contributed by atoms with Gasteiger partial charge in [0.25, 0.3) is 0 Å². The van der Waals surface area contributed by atoms with Crippen LogP contribution in [0.2, 0.25) is 0 Å². The highest BCUT2D eigenvalue weighted by Gasteiger charge is 2.11. The Hall–Kier alpha value is -2.10. The van der Waals surface area contributed by atoms with Gasteiger partial charge in [-0.05, 0) is 18.9 Å². The van der Waals surface area contributed by atoms with Crippen LogP contribution in [0.3, 0.4) is 0 Å². The van der Waals surface area contributed by atoms with Crippen LogP contribution in [0.4, 0.5) is 0 Å². The first-order chi connectivity index (χ1) is 9.02. The van der Waals surface area contributed by atoms with E-state index in [0.29, 0.717) is 6.61 Å². The van der Waals surface area contributed by atoms with E-state index in [1.54, 1.807) is 0 Å². The molecule has 1 N–H and O–H groups in total. The van der Waals surface area contributed by atoms with Crippen molar-refractivity contribution in [2.45, 2.75) is 26.7 Å². The lowest BCUT2D eigenvalue weighted by atomic mass is 10.1. The summed E-state index contributed by atoms with van der Waals surface area (Å²) in [7, 11) is 0. The Morgan fingerprint density at radius 3 is 2.47 bits per heavy atom. The molecule has 0 bridgehead atoms. The van der Waals surface area contributed by atoms with Crippen LogP contribution in [0.5, 0.6) is 0 Å². The van der Waals surface area contributed by atoms with Gasteiger partial charge >= 0.3 is 5.97 Å². The Morgan fingerprint density at radius 2 is 1.89 bits per heavy atom. The Morgan fingerprint density at radius 1 is 1.26 bits per heavy atom. The molecule has 0 spiro atoms. The quantitative estimate of drug-likeness (QED) is 0.630. The van der Waals surface area contributed by atoms with Gasteiger partial charge in [-0.25, -0.2) is 4.79 Å². The summed E-state index contributed by atoms with van der Waals surface area (Å²) in [6, 6.07) is 7.64. The molecule has 1 aromatic rings. The van der Waals surface area contributed by atoms with E-state index in [9.17, 15) is 9.59 Å². The third-order valence-electron chi connectivity index (χ3n) is 2.46. The fourth-order valence-electron chi connectivity index (χ4n) is 1.44. The predicted octanol–water partition coefficient (Wildman–Crippen LogP) is 2.12. The molecule has 4 nitrogen and oxygen atoms in total. The monoisotopic (exact) mass is 261 g/mol. The highest BCUT2D eigenvalue weighted by atomic mass is 16.5. The molecule has 0 atom stereocenters. The zero-order valence-corrected chi connectivity index (χ0v) is 11.4. The largest absolute Gasteiger partial charge is 0.461 e. The van der Waals surface area contributed by atoms with Crippen LogP contribution in [0.15, 0.2) is 36.5 Å². The van der Waals surface area contributed by atoms with Gasteiger partial charge in [-0.15, -0.1) is 0 Å². The molecule has 0 saturated carbocycles. The van der Waals surface area contributed by atoms with Crippen LogP contribution >= 0.6 is 0 Å². The summed E-state index contributed by atoms with van der Waals surface area (Å²) in [5.41, 5.74) is 2.00. The summed E-state index contributed by atoms with van der Waals surface area (Å²) >= 11 is 0. The minimum absolute atomic E-state index is 0.0226. The molecule has 102 valence electrons. The van der Waals surface area contributed by atoms with Crippen LogP contribution in [-0.4, -0.2) is 18.5 Å². The lowest BCUT2D eigenvalue weighted by Crippen LogP contribution is -2.29. The Bertz CT molecular complexity index is 463. The lowest BCUT2D eigenvalue weighted by Gasteiger charge is -2.08. The summed E-state index contributed by atoms with van der Waals surface area (Å²) < 4.78 is 4.87. The average Bonchev–Trinajstić information content (AvgIpc) is 2.38. The zero-order valence-electron chi connectivity index (χ0n) is 11.4. The molecule has 0 aliphatic carbocycles. The van der Waals surface area contributed by atoms with Crippen molar-refractivity contribution in [1.29, 1.82) is 0 Å². The van der Waals surface area contributed by atoms with Crippen LogP contribution in [0, 0.1) is 6.92 Å². The van der Waals surface area contributed by atoms with Crippen molar-refractivity contribution in [3.63, 3.8) is 0 Å². The molecule has 0 radical (unpaired) electrons. The smallest absolute Gasteiger partial charge is 0.354 e. The number of ether oxygens (including phenoxy) is 1. The second kappa shape index (κ2) is 7.36. The first-order valence-electron chi connectivity index (χ1n) is 6.24. The van der Waals surface area contributed by atoms with Gasteiger partial charge in [-0.1, -0.05) is 43.3 Å². The molecule has 1 rings (SSSR count). The van der Waals surface area contributed by atoms with E-state index in [1.165, 1.54) is 0 Å². The maximum Gasteiger partial charge on any atom is 0.354 e. The highest BCUT2D eigenvalue weighted by molar-refractivity contribution is 5.93. The molecule has 0 aliphatic heterocycles. The number of hydrogen-bond acceptors (Lipinski definition) is 3. The second-order valence-electron chi connectivity index (χ2n) is 4.33. The number of hydrogen-bond donors (Lipinski definition) is 1. The topological polar surface area (TPSA) is 55.4 Å². The van der Waals surface area contributed by atoms with E-state index in [-0.39, 0.29) is 18.0 Å². The molecule has 19 heavy (non-hydrogen) atoms. The van der Waals surface area contributed by atoms with Crippen molar-refractivity contribution in [3.8, 4) is 0 Å². The fourth-order valence-corrected chi connectivity index (χ4v) is 1.44. The van der Waals surface area contributed by atoms with E-state index >= 15 is 0 Å². The Balaban J connectivity index is 2.44. The van der Waals surface area contributed by atoms with Gasteiger partial charge in [-0.3, -0.25) is 4.79 Å². The summed E-state index contributed by atoms with van der Waals surface area (Å²) in [5.74, 6) is -0.860. The van der Waals surface area contributed by atoms with Gasteiger partial charge in [0.05, 0.1) is 13.0 Å². The molecule has 4 heteroatoms. The van der Waals surface area contributed by atoms with Crippen molar-refractivity contribution >= 4 is 11.9 Å². The first-order valence-corrected chi connectivity index (χ1v) is 6.24. The molecular weight excluding hydrogens is 242 g/mol. The summed E-state index contributed by atoms with van der Waals surface area (Å²) in [6.07, 6.45) is 0.941. The molecule has 0 heterocycles. The van der Waals surface area contributed by atoms with Crippen LogP contribution in [-0.2, 0) is 20.7 Å². The standard InChI is InChI=1S/C15H19NO3/c1-4-9-19-15(18)12(3)16-14(17)10-13-7-5-11(2)6-8-13/h5-8H,3-4,9-10H2,1-2H3,(H,16,17). The van der Waals surface area contributed by atoms with Crippen molar-refractivity contribution in [1.82, 2.24) is 5.32 Å². The Kier molecular flexibility index (Phi) is 5.79. The minimum atomic E-state index is -0.584. The van der Waals surface area contributed by atoms with Crippen LogP contribution in [0.1, 0.15) is 24.5 Å². The van der Waals surface area contributed by atoms with E-state index in [2.05, 4.69) is 11.9 Å². The normalized spacial score (nSPS) is 9.79. The summed E-state index contributed by atoms with van der Waals surface area (Å²) in [6.45, 7) is 7.70. The maximum atomic E-state index is 11.7. The zero-order chi connectivity index (χ0) is 14.3. The van der Waals surface area contributed by atoms with Gasteiger partial charge in [0.15, 0.2) is 0 Å². The molecule has 1 aromatic carbocycles. The van der Waals surface area contributed by atoms with Crippen LogP contribution in [0.25, 0.3) is 0 Å². The maximum absolute atomic E-state index is 11.7. The predicted molar refractivity (Wildman–Crippen MR) is 73.4 cm³/mol. The number of amides is 1. The molecule has 0 fully saturated rings. The number of aryl methyl sites for hydroxylation is 1. The van der Waals surface area contributed by atoms with Crippen molar-refractivity contribution in [2.75, 3.05) is 6.61 Å². The average molecular weight is 261 g/mol. The van der Waals surface area contributed by atoms with E-state index in [4.69, 9.17) is 4.74 Å². The molecule has 0 saturated heterocycles. The molecule has 1 amide bonds. The van der Waals surface area contributed by atoms with E-state index in [1.807, 2.05) is 38.1 Å². The number of rotatable bonds is 6. The summed E-state index contributed by atoms with van der Waals surface area (Å²) in [5, 5.41) is 2.44. The number of carbonyl (C=O) groups is 2. The number of esters is 1. The van der Waals surface area contributed by atoms with Gasteiger partial charge < -0.3 is 10.1 Å². The molecule has 0 aliphatic rings. The van der Waals surface area contributed by atoms with Gasteiger partial charge in [0.2, 0.25) is 5.91 Å². The van der Waals surface area contributed by atoms with E-state index in [0.717, 1.165) is 17.5 Å². The molecule has 0 aromatic heterocycles. The minimum Gasteiger partial charge on any atom is -0.461 e. The SMILES string of the molecule is C=C(NC(=O)Cc1ccc(C)cc1)C(=O)OCCC. The third kappa shape index (κ3) is 5.38. The number of carbonyl (C=O) groups excluding carboxylic acids is 2. The van der Waals surface area contributed by atoms with E-state index < -0.39 is 5.97 Å². The number of nitrogens with one attached hydrogen (secondary N) is 1. The van der Waals surface area contributed by atoms with Crippen molar-refractivity contribution in [2.24, 2.45) is 0 Å². The number of benzene rings is 1. The highest BCUT2D eigenvalue weighted by Crippen LogP contribution is 2.04. The lowest BCUT2D eigenvalue weighted by molar-refractivity contribution is -0.140. The second-order valence-corrected chi connectivity index (χ2v) is 4.33. The van der Waals surface area contributed by atoms with Crippen molar-refractivity contribution < 1.29 is 14.3 Å². The van der Waals surface area contributed by atoms with Gasteiger partial charge in [-0.2, -0.15) is 0 Å². The summed E-state index contributed by atoms with van der Waals surface area (Å²) in [4.78, 5) is 23.1. The van der Waals surface area contributed by atoms with Crippen molar-refractivity contribution in [3.05, 3.63) is 47.7 Å². The molecular formula is C15H19NO3. The van der Waals surface area contributed by atoms with Gasteiger partial charge in [0, 0.05) is 0 Å². The third-order valence-corrected chi connectivity index (χ3v) is 2.46. The molecule has 0 unspecified atom stereocenters. The first kappa shape index (κ1) is 15.0. The van der Waals surface area contributed by atoms with Crippen LogP contribution < -0.4 is 5.32 Å². The van der Waals surface area contributed by atoms with Gasteiger partial charge in [0.1, 0.15) is 5.70 Å².